The van der Waals surface area contributed by atoms with Gasteiger partial charge < -0.3 is 9.15 Å². The number of anilines is 1. The Labute approximate surface area is 187 Å². The van der Waals surface area contributed by atoms with Gasteiger partial charge in [-0.2, -0.15) is 0 Å². The average Bonchev–Trinajstić information content (AvgIpc) is 3.39. The van der Waals surface area contributed by atoms with Crippen LogP contribution in [0.4, 0.5) is 11.4 Å². The predicted molar refractivity (Wildman–Crippen MR) is 120 cm³/mol. The minimum Gasteiger partial charge on any atom is -0.492 e. The molecule has 8 nitrogen and oxygen atoms in total. The topological polar surface area (TPSA) is 103 Å². The molecule has 0 aliphatic carbocycles. The fourth-order valence-corrected chi connectivity index (χ4v) is 4.34. The molecule has 2 heterocycles. The van der Waals surface area contributed by atoms with Crippen LogP contribution in [0.2, 0.25) is 0 Å². The Morgan fingerprint density at radius 3 is 2.44 bits per heavy atom. The Hall–Kier alpha value is -3.85. The van der Waals surface area contributed by atoms with E-state index in [1.165, 1.54) is 42.3 Å². The molecule has 0 saturated carbocycles. The van der Waals surface area contributed by atoms with Gasteiger partial charge in [-0.05, 0) is 48.9 Å². The van der Waals surface area contributed by atoms with Crippen LogP contribution in [0.25, 0.3) is 5.57 Å². The van der Waals surface area contributed by atoms with Gasteiger partial charge in [0.15, 0.2) is 0 Å². The summed E-state index contributed by atoms with van der Waals surface area (Å²) < 4.78 is 11.0. The fraction of sp³-hybridized carbons (Fsp3) is 0.130. The van der Waals surface area contributed by atoms with E-state index in [-0.39, 0.29) is 16.2 Å². The molecule has 0 spiro atoms. The van der Waals surface area contributed by atoms with Crippen molar-refractivity contribution in [1.82, 2.24) is 0 Å². The zero-order valence-electron chi connectivity index (χ0n) is 17.0. The van der Waals surface area contributed by atoms with Gasteiger partial charge >= 0.3 is 0 Å². The van der Waals surface area contributed by atoms with Crippen molar-refractivity contribution < 1.29 is 23.7 Å². The lowest BCUT2D eigenvalue weighted by Crippen LogP contribution is -2.31. The fourth-order valence-electron chi connectivity index (χ4n) is 3.32. The van der Waals surface area contributed by atoms with Crippen LogP contribution in [-0.4, -0.2) is 23.3 Å². The molecule has 0 bridgehead atoms. The molecule has 0 saturated heterocycles. The third kappa shape index (κ3) is 4.02. The number of benzene rings is 2. The number of nitro groups is 1. The number of nitrogens with zero attached hydrogens (tertiary/aromatic N) is 2. The lowest BCUT2D eigenvalue weighted by Gasteiger charge is -2.18. The van der Waals surface area contributed by atoms with Crippen LogP contribution in [0, 0.1) is 10.1 Å². The number of para-hydroxylation sites is 2. The van der Waals surface area contributed by atoms with Gasteiger partial charge in [-0.3, -0.25) is 19.7 Å². The quantitative estimate of drug-likeness (QED) is 0.276. The number of nitro benzene ring substituents is 1. The summed E-state index contributed by atoms with van der Waals surface area (Å²) in [5.74, 6) is 0.416. The Morgan fingerprint density at radius 1 is 1.03 bits per heavy atom. The van der Waals surface area contributed by atoms with Crippen molar-refractivity contribution in [2.75, 3.05) is 11.5 Å². The third-order valence-corrected chi connectivity index (χ3v) is 5.85. The molecule has 0 N–H and O–H groups in total. The van der Waals surface area contributed by atoms with Crippen molar-refractivity contribution in [2.24, 2.45) is 0 Å². The van der Waals surface area contributed by atoms with Gasteiger partial charge in [0.2, 0.25) is 0 Å². The standard InChI is InChI=1S/C23H18N2O6S/c1-2-30-19-8-4-3-7-18(19)24-22(26)20(15-9-11-16(12-10-15)25(28)29)21(23(24)27)32-14-17-6-5-13-31-17/h3-13H,2,14H2,1H3. The molecule has 0 unspecified atom stereocenters. The molecule has 2 amide bonds. The smallest absolute Gasteiger partial charge is 0.272 e. The highest BCUT2D eigenvalue weighted by Crippen LogP contribution is 2.42. The highest BCUT2D eigenvalue weighted by Gasteiger charge is 2.41. The van der Waals surface area contributed by atoms with Gasteiger partial charge in [0.25, 0.3) is 17.5 Å². The number of hydrogen-bond donors (Lipinski definition) is 0. The highest BCUT2D eigenvalue weighted by molar-refractivity contribution is 8.03. The van der Waals surface area contributed by atoms with Crippen LogP contribution in [-0.2, 0) is 15.3 Å². The first-order valence-corrected chi connectivity index (χ1v) is 10.7. The maximum absolute atomic E-state index is 13.5. The van der Waals surface area contributed by atoms with E-state index in [1.807, 2.05) is 6.92 Å². The SMILES string of the molecule is CCOc1ccccc1N1C(=O)C(SCc2ccco2)=C(c2ccc([N+](=O)[O-])cc2)C1=O. The van der Waals surface area contributed by atoms with Crippen molar-refractivity contribution in [3.8, 4) is 5.75 Å². The van der Waals surface area contributed by atoms with E-state index in [1.54, 1.807) is 36.4 Å². The molecule has 162 valence electrons. The molecule has 1 aliphatic rings. The Balaban J connectivity index is 1.77. The average molecular weight is 450 g/mol. The number of rotatable bonds is 8. The number of non-ortho nitro benzene ring substituents is 1. The molecule has 0 fully saturated rings. The summed E-state index contributed by atoms with van der Waals surface area (Å²) in [6.45, 7) is 2.19. The molecule has 3 aromatic rings. The lowest BCUT2D eigenvalue weighted by atomic mass is 10.1. The maximum atomic E-state index is 13.5. The number of amides is 2. The molecule has 2 aromatic carbocycles. The number of furan rings is 1. The first-order chi connectivity index (χ1) is 15.5. The number of ether oxygens (including phenoxy) is 1. The van der Waals surface area contributed by atoms with Gasteiger partial charge in [0.05, 0.1) is 39.7 Å². The molecular weight excluding hydrogens is 432 g/mol. The maximum Gasteiger partial charge on any atom is 0.272 e. The summed E-state index contributed by atoms with van der Waals surface area (Å²) in [4.78, 5) is 38.7. The second-order valence-corrected chi connectivity index (χ2v) is 7.71. The Bertz CT molecular complexity index is 1200. The monoisotopic (exact) mass is 450 g/mol. The normalized spacial score (nSPS) is 13.7. The van der Waals surface area contributed by atoms with E-state index in [0.29, 0.717) is 35.1 Å². The van der Waals surface area contributed by atoms with Crippen LogP contribution in [0.3, 0.4) is 0 Å². The summed E-state index contributed by atoms with van der Waals surface area (Å²) in [7, 11) is 0. The van der Waals surface area contributed by atoms with Crippen molar-refractivity contribution >= 4 is 40.5 Å². The van der Waals surface area contributed by atoms with Crippen molar-refractivity contribution in [1.29, 1.82) is 0 Å². The molecule has 9 heteroatoms. The van der Waals surface area contributed by atoms with E-state index < -0.39 is 16.7 Å². The minimum absolute atomic E-state index is 0.102. The van der Waals surface area contributed by atoms with Crippen LogP contribution < -0.4 is 9.64 Å². The van der Waals surface area contributed by atoms with Gasteiger partial charge in [-0.1, -0.05) is 12.1 Å². The highest BCUT2D eigenvalue weighted by atomic mass is 32.2. The van der Waals surface area contributed by atoms with Crippen LogP contribution in [0.15, 0.2) is 76.2 Å². The summed E-state index contributed by atoms with van der Waals surface area (Å²) in [6.07, 6.45) is 1.54. The molecule has 32 heavy (non-hydrogen) atoms. The summed E-state index contributed by atoms with van der Waals surface area (Å²) in [5, 5.41) is 11.0. The van der Waals surface area contributed by atoms with E-state index in [9.17, 15) is 19.7 Å². The number of imide groups is 1. The summed E-state index contributed by atoms with van der Waals surface area (Å²) in [6, 6.07) is 15.9. The predicted octanol–water partition coefficient (Wildman–Crippen LogP) is 4.80. The van der Waals surface area contributed by atoms with Crippen molar-refractivity contribution in [2.45, 2.75) is 12.7 Å². The van der Waals surface area contributed by atoms with Crippen molar-refractivity contribution in [3.63, 3.8) is 0 Å². The van der Waals surface area contributed by atoms with Crippen LogP contribution >= 0.6 is 11.8 Å². The number of carbonyl (C=O) groups excluding carboxylic acids is 2. The number of thioether (sulfide) groups is 1. The number of hydrogen-bond acceptors (Lipinski definition) is 7. The summed E-state index contributed by atoms with van der Waals surface area (Å²) >= 11 is 1.18. The van der Waals surface area contributed by atoms with Crippen LogP contribution in [0.5, 0.6) is 5.75 Å². The largest absolute Gasteiger partial charge is 0.492 e. The molecule has 1 aliphatic heterocycles. The Morgan fingerprint density at radius 2 is 1.78 bits per heavy atom. The second-order valence-electron chi connectivity index (χ2n) is 6.72. The first-order valence-electron chi connectivity index (χ1n) is 9.76. The van der Waals surface area contributed by atoms with Gasteiger partial charge in [-0.15, -0.1) is 11.8 Å². The molecule has 1 aromatic heterocycles. The van der Waals surface area contributed by atoms with Crippen LogP contribution in [0.1, 0.15) is 18.2 Å². The van der Waals surface area contributed by atoms with E-state index in [2.05, 4.69) is 0 Å². The van der Waals surface area contributed by atoms with Gasteiger partial charge in [-0.25, -0.2) is 4.90 Å². The first kappa shape index (κ1) is 21.4. The minimum atomic E-state index is -0.517. The second kappa shape index (κ2) is 9.11. The van der Waals surface area contributed by atoms with E-state index in [0.717, 1.165) is 4.90 Å². The van der Waals surface area contributed by atoms with Crippen molar-refractivity contribution in [3.05, 3.63) is 93.3 Å². The van der Waals surface area contributed by atoms with E-state index in [4.69, 9.17) is 9.15 Å². The summed E-state index contributed by atoms with van der Waals surface area (Å²) in [5.41, 5.74) is 0.854. The zero-order valence-corrected chi connectivity index (χ0v) is 17.8. The third-order valence-electron chi connectivity index (χ3n) is 4.75. The lowest BCUT2D eigenvalue weighted by molar-refractivity contribution is -0.384. The van der Waals surface area contributed by atoms with Gasteiger partial charge in [0.1, 0.15) is 11.5 Å². The molecule has 0 radical (unpaired) electrons. The van der Waals surface area contributed by atoms with E-state index >= 15 is 0 Å². The van der Waals surface area contributed by atoms with Gasteiger partial charge in [0, 0.05) is 12.1 Å². The molecule has 4 rings (SSSR count). The molecular formula is C23H18N2O6S. The molecule has 0 atom stereocenters. The zero-order chi connectivity index (χ0) is 22.7. The Kier molecular flexibility index (Phi) is 6.09. The number of carbonyl (C=O) groups is 2.